The van der Waals surface area contributed by atoms with Crippen LogP contribution in [0.3, 0.4) is 0 Å². The second-order valence-electron chi connectivity index (χ2n) is 7.83. The topological polar surface area (TPSA) is 105 Å². The number of imide groups is 1. The molecular formula is C27H22ClN3O5. The summed E-state index contributed by atoms with van der Waals surface area (Å²) in [5.74, 6) is -1.89. The average molecular weight is 504 g/mol. The van der Waals surface area contributed by atoms with Crippen molar-refractivity contribution < 1.29 is 23.9 Å². The predicted molar refractivity (Wildman–Crippen MR) is 135 cm³/mol. The fourth-order valence-corrected chi connectivity index (χ4v) is 3.75. The molecule has 0 saturated heterocycles. The number of nitrogens with zero attached hydrogens (tertiary/aromatic N) is 1. The lowest BCUT2D eigenvalue weighted by Crippen LogP contribution is -2.31. The Morgan fingerprint density at radius 2 is 1.44 bits per heavy atom. The van der Waals surface area contributed by atoms with Gasteiger partial charge >= 0.3 is 5.97 Å². The highest BCUT2D eigenvalue weighted by atomic mass is 35.5. The van der Waals surface area contributed by atoms with Crippen LogP contribution in [0.5, 0.6) is 0 Å². The third-order valence-corrected chi connectivity index (χ3v) is 5.72. The number of benzene rings is 3. The van der Waals surface area contributed by atoms with Gasteiger partial charge in [0, 0.05) is 16.9 Å². The van der Waals surface area contributed by atoms with E-state index in [0.29, 0.717) is 22.5 Å². The first-order chi connectivity index (χ1) is 17.4. The van der Waals surface area contributed by atoms with Crippen LogP contribution in [0.1, 0.15) is 33.2 Å². The molecule has 3 aromatic carbocycles. The highest BCUT2D eigenvalue weighted by Crippen LogP contribution is 2.27. The van der Waals surface area contributed by atoms with Gasteiger partial charge in [-0.2, -0.15) is 0 Å². The first-order valence-corrected chi connectivity index (χ1v) is 11.5. The van der Waals surface area contributed by atoms with Gasteiger partial charge in [-0.3, -0.25) is 19.3 Å². The van der Waals surface area contributed by atoms with Crippen LogP contribution < -0.4 is 10.6 Å². The number of esters is 1. The van der Waals surface area contributed by atoms with Crippen molar-refractivity contribution in [1.82, 2.24) is 4.90 Å². The Morgan fingerprint density at radius 3 is 2.08 bits per heavy atom. The molecule has 3 aromatic rings. The maximum Gasteiger partial charge on any atom is 0.338 e. The summed E-state index contributed by atoms with van der Waals surface area (Å²) in [5, 5.41) is 5.45. The SMILES string of the molecule is CCOC(=O)c1ccc(NC(=O)c2ccc(NC3=C(Cl)C(=O)N(Cc4ccccc4)C3=O)cc2)cc1. The van der Waals surface area contributed by atoms with Gasteiger partial charge in [0.25, 0.3) is 17.7 Å². The van der Waals surface area contributed by atoms with Crippen molar-refractivity contribution in [2.75, 3.05) is 17.2 Å². The summed E-state index contributed by atoms with van der Waals surface area (Å²) in [6, 6.07) is 21.8. The van der Waals surface area contributed by atoms with Crippen LogP contribution in [0.4, 0.5) is 11.4 Å². The summed E-state index contributed by atoms with van der Waals surface area (Å²) in [6.45, 7) is 2.12. The minimum absolute atomic E-state index is 0.0171. The van der Waals surface area contributed by atoms with Crippen molar-refractivity contribution in [3.63, 3.8) is 0 Å². The maximum absolute atomic E-state index is 12.8. The second kappa shape index (κ2) is 10.9. The molecule has 8 nitrogen and oxygen atoms in total. The largest absolute Gasteiger partial charge is 0.462 e. The van der Waals surface area contributed by atoms with Gasteiger partial charge < -0.3 is 15.4 Å². The Balaban J connectivity index is 1.39. The first-order valence-electron chi connectivity index (χ1n) is 11.1. The van der Waals surface area contributed by atoms with Gasteiger partial charge in [-0.1, -0.05) is 41.9 Å². The third-order valence-electron chi connectivity index (χ3n) is 5.37. The number of nitrogens with one attached hydrogen (secondary N) is 2. The standard InChI is InChI=1S/C27H22ClN3O5/c1-2-36-27(35)19-10-14-21(15-11-19)30-24(32)18-8-12-20(13-9-18)29-23-22(28)25(33)31(26(23)34)16-17-6-4-3-5-7-17/h3-15,29H,2,16H2,1H3,(H,30,32). The molecule has 182 valence electrons. The van der Waals surface area contributed by atoms with E-state index in [2.05, 4.69) is 10.6 Å². The Hall–Kier alpha value is -4.43. The van der Waals surface area contributed by atoms with Crippen LogP contribution >= 0.6 is 11.6 Å². The van der Waals surface area contributed by atoms with Crippen molar-refractivity contribution in [2.45, 2.75) is 13.5 Å². The summed E-state index contributed by atoms with van der Waals surface area (Å²) in [6.07, 6.45) is 0. The molecule has 3 amide bonds. The van der Waals surface area contributed by atoms with E-state index in [1.807, 2.05) is 30.3 Å². The molecular weight excluding hydrogens is 482 g/mol. The van der Waals surface area contributed by atoms with Gasteiger partial charge in [0.05, 0.1) is 18.7 Å². The van der Waals surface area contributed by atoms with Crippen LogP contribution in [0.15, 0.2) is 89.6 Å². The monoisotopic (exact) mass is 503 g/mol. The third kappa shape index (κ3) is 5.45. The van der Waals surface area contributed by atoms with Gasteiger partial charge in [0.2, 0.25) is 0 Å². The lowest BCUT2D eigenvalue weighted by molar-refractivity contribution is -0.138. The van der Waals surface area contributed by atoms with Crippen molar-refractivity contribution >= 4 is 46.7 Å². The summed E-state index contributed by atoms with van der Waals surface area (Å²) in [5.41, 5.74) is 2.55. The molecule has 0 unspecified atom stereocenters. The molecule has 1 aliphatic heterocycles. The molecule has 0 aliphatic carbocycles. The van der Waals surface area contributed by atoms with E-state index in [1.54, 1.807) is 55.5 Å². The van der Waals surface area contributed by atoms with E-state index in [1.165, 1.54) is 0 Å². The van der Waals surface area contributed by atoms with Crippen molar-refractivity contribution in [2.24, 2.45) is 0 Å². The first kappa shape index (κ1) is 24.7. The zero-order valence-corrected chi connectivity index (χ0v) is 20.0. The fourth-order valence-electron chi connectivity index (χ4n) is 3.52. The number of rotatable bonds is 8. The molecule has 0 bridgehead atoms. The number of amides is 3. The molecule has 36 heavy (non-hydrogen) atoms. The Morgan fingerprint density at radius 1 is 0.833 bits per heavy atom. The van der Waals surface area contributed by atoms with Gasteiger partial charge in [0.15, 0.2) is 0 Å². The van der Waals surface area contributed by atoms with Gasteiger partial charge in [-0.25, -0.2) is 4.79 Å². The second-order valence-corrected chi connectivity index (χ2v) is 8.20. The number of hydrogen-bond donors (Lipinski definition) is 2. The smallest absolute Gasteiger partial charge is 0.338 e. The molecule has 0 spiro atoms. The molecule has 0 fully saturated rings. The normalized spacial score (nSPS) is 13.1. The van der Waals surface area contributed by atoms with Crippen LogP contribution in [-0.4, -0.2) is 35.2 Å². The molecule has 4 rings (SSSR count). The Bertz CT molecular complexity index is 1340. The number of ether oxygens (including phenoxy) is 1. The minimum Gasteiger partial charge on any atom is -0.462 e. The van der Waals surface area contributed by atoms with Crippen molar-refractivity contribution in [1.29, 1.82) is 0 Å². The minimum atomic E-state index is -0.571. The van der Waals surface area contributed by atoms with Crippen LogP contribution in [0.25, 0.3) is 0 Å². The summed E-state index contributed by atoms with van der Waals surface area (Å²) < 4.78 is 4.94. The van der Waals surface area contributed by atoms with E-state index in [-0.39, 0.29) is 29.8 Å². The molecule has 0 radical (unpaired) electrons. The van der Waals surface area contributed by atoms with Gasteiger partial charge in [0.1, 0.15) is 10.7 Å². The summed E-state index contributed by atoms with van der Waals surface area (Å²) in [4.78, 5) is 50.8. The van der Waals surface area contributed by atoms with Gasteiger partial charge in [-0.15, -0.1) is 0 Å². The number of carbonyl (C=O) groups excluding carboxylic acids is 4. The number of hydrogen-bond acceptors (Lipinski definition) is 6. The van der Waals surface area contributed by atoms with E-state index in [0.717, 1.165) is 10.5 Å². The maximum atomic E-state index is 12.8. The van der Waals surface area contributed by atoms with Crippen LogP contribution in [0.2, 0.25) is 0 Å². The fraction of sp³-hybridized carbons (Fsp3) is 0.111. The van der Waals surface area contributed by atoms with Crippen LogP contribution in [0, 0.1) is 0 Å². The van der Waals surface area contributed by atoms with Crippen molar-refractivity contribution in [3.05, 3.63) is 106 Å². The number of carbonyl (C=O) groups is 4. The Kier molecular flexibility index (Phi) is 7.46. The molecule has 0 saturated carbocycles. The Labute approximate surface area is 212 Å². The van der Waals surface area contributed by atoms with E-state index in [4.69, 9.17) is 16.3 Å². The molecule has 0 atom stereocenters. The van der Waals surface area contributed by atoms with E-state index < -0.39 is 17.8 Å². The average Bonchev–Trinajstić information content (AvgIpc) is 3.09. The number of halogens is 1. The summed E-state index contributed by atoms with van der Waals surface area (Å²) in [7, 11) is 0. The molecule has 0 aromatic heterocycles. The highest BCUT2D eigenvalue weighted by molar-refractivity contribution is 6.48. The molecule has 2 N–H and O–H groups in total. The lowest BCUT2D eigenvalue weighted by Gasteiger charge is -2.15. The van der Waals surface area contributed by atoms with Crippen molar-refractivity contribution in [3.8, 4) is 0 Å². The quantitative estimate of drug-likeness (QED) is 0.345. The van der Waals surface area contributed by atoms with Gasteiger partial charge in [-0.05, 0) is 61.0 Å². The summed E-state index contributed by atoms with van der Waals surface area (Å²) >= 11 is 6.17. The molecule has 1 aliphatic rings. The van der Waals surface area contributed by atoms with Crippen LogP contribution in [-0.2, 0) is 20.9 Å². The van der Waals surface area contributed by atoms with E-state index in [9.17, 15) is 19.2 Å². The zero-order valence-electron chi connectivity index (χ0n) is 19.3. The molecule has 1 heterocycles. The predicted octanol–water partition coefficient (Wildman–Crippen LogP) is 4.55. The van der Waals surface area contributed by atoms with E-state index >= 15 is 0 Å². The lowest BCUT2D eigenvalue weighted by atomic mass is 10.1. The molecule has 9 heteroatoms. The number of anilines is 2. The zero-order chi connectivity index (χ0) is 25.7. The highest BCUT2D eigenvalue weighted by Gasteiger charge is 2.37.